The Bertz CT molecular complexity index is 474. The Kier molecular flexibility index (Phi) is 2.53. The lowest BCUT2D eigenvalue weighted by molar-refractivity contribution is -0.117. The second-order valence-corrected chi connectivity index (χ2v) is 4.20. The largest absolute Gasteiger partial charge is 0.372 e. The molecular weight excluding hydrogens is 202 g/mol. The third kappa shape index (κ3) is 1.61. The molecule has 1 aliphatic heterocycles. The number of benzene rings is 1. The van der Waals surface area contributed by atoms with Gasteiger partial charge in [0.25, 0.3) is 0 Å². The molecule has 0 radical (unpaired) electrons. The van der Waals surface area contributed by atoms with E-state index < -0.39 is 0 Å². The van der Waals surface area contributed by atoms with E-state index in [0.29, 0.717) is 11.3 Å². The second-order valence-electron chi connectivity index (χ2n) is 4.20. The maximum Gasteiger partial charge on any atom is 0.247 e. The number of fused-ring (bicyclic) bond motifs is 1. The Morgan fingerprint density at radius 2 is 2.19 bits per heavy atom. The highest BCUT2D eigenvalue weighted by Crippen LogP contribution is 2.31. The van der Waals surface area contributed by atoms with Gasteiger partial charge in [0, 0.05) is 0 Å². The van der Waals surface area contributed by atoms with Crippen molar-refractivity contribution in [1.82, 2.24) is 0 Å². The van der Waals surface area contributed by atoms with E-state index >= 15 is 0 Å². The van der Waals surface area contributed by atoms with Crippen LogP contribution in [0.2, 0.25) is 0 Å². The molecule has 0 aromatic heterocycles. The number of rotatable bonds is 1. The predicted octanol–water partition coefficient (Wildman–Crippen LogP) is 1.95. The second kappa shape index (κ2) is 3.86. The normalized spacial score (nSPS) is 18.4. The minimum atomic E-state index is -0.235. The molecule has 4 heteroatoms. The molecular formula is C12H13N3O. The van der Waals surface area contributed by atoms with E-state index in [4.69, 9.17) is 5.26 Å². The van der Waals surface area contributed by atoms with E-state index in [2.05, 4.69) is 16.7 Å². The van der Waals surface area contributed by atoms with Crippen LogP contribution in [0.1, 0.15) is 19.4 Å². The van der Waals surface area contributed by atoms with Crippen molar-refractivity contribution in [3.63, 3.8) is 0 Å². The summed E-state index contributed by atoms with van der Waals surface area (Å²) >= 11 is 0. The number of nitrogens with zero attached hydrogens (tertiary/aromatic N) is 1. The number of carbonyl (C=O) groups excluding carboxylic acids is 1. The van der Waals surface area contributed by atoms with E-state index in [1.807, 2.05) is 19.9 Å². The van der Waals surface area contributed by atoms with Gasteiger partial charge in [0.15, 0.2) is 0 Å². The number of carbonyl (C=O) groups is 1. The molecule has 1 unspecified atom stereocenters. The molecule has 82 valence electrons. The molecule has 0 fully saturated rings. The summed E-state index contributed by atoms with van der Waals surface area (Å²) in [5.74, 6) is 0.129. The van der Waals surface area contributed by atoms with Gasteiger partial charge in [-0.05, 0) is 18.1 Å². The SMILES string of the molecule is CC(C)C1Nc2cccc(C#N)c2NC1=O. The molecule has 2 rings (SSSR count). The van der Waals surface area contributed by atoms with Gasteiger partial charge in [0.2, 0.25) is 5.91 Å². The first kappa shape index (κ1) is 10.5. The molecule has 0 spiro atoms. The van der Waals surface area contributed by atoms with Crippen LogP contribution in [-0.2, 0) is 4.79 Å². The molecule has 1 aliphatic rings. The van der Waals surface area contributed by atoms with Crippen LogP contribution < -0.4 is 10.6 Å². The first-order valence-corrected chi connectivity index (χ1v) is 5.24. The Morgan fingerprint density at radius 1 is 1.44 bits per heavy atom. The summed E-state index contributed by atoms with van der Waals surface area (Å²) in [7, 11) is 0. The van der Waals surface area contributed by atoms with Crippen molar-refractivity contribution in [2.75, 3.05) is 10.6 Å². The molecule has 1 aromatic carbocycles. The lowest BCUT2D eigenvalue weighted by atomic mass is 9.99. The highest BCUT2D eigenvalue weighted by atomic mass is 16.2. The summed E-state index contributed by atoms with van der Waals surface area (Å²) in [6.07, 6.45) is 0. The molecule has 0 saturated heterocycles. The summed E-state index contributed by atoms with van der Waals surface area (Å²) in [5.41, 5.74) is 1.89. The van der Waals surface area contributed by atoms with Crippen molar-refractivity contribution in [2.24, 2.45) is 5.92 Å². The minimum Gasteiger partial charge on any atom is -0.372 e. The zero-order chi connectivity index (χ0) is 11.7. The summed E-state index contributed by atoms with van der Waals surface area (Å²) in [6.45, 7) is 3.97. The highest BCUT2D eigenvalue weighted by Gasteiger charge is 2.28. The number of amides is 1. The Balaban J connectivity index is 2.43. The quantitative estimate of drug-likeness (QED) is 0.752. The Morgan fingerprint density at radius 3 is 2.81 bits per heavy atom. The molecule has 0 aliphatic carbocycles. The molecule has 2 N–H and O–H groups in total. The standard InChI is InChI=1S/C12H13N3O/c1-7(2)10-12(16)15-11-8(6-13)4-3-5-9(11)14-10/h3-5,7,10,14H,1-2H3,(H,15,16). The number of hydrogen-bond donors (Lipinski definition) is 2. The fourth-order valence-corrected chi connectivity index (χ4v) is 1.80. The van der Waals surface area contributed by atoms with E-state index in [9.17, 15) is 4.79 Å². The van der Waals surface area contributed by atoms with Gasteiger partial charge in [-0.1, -0.05) is 19.9 Å². The van der Waals surface area contributed by atoms with Crippen LogP contribution in [0.25, 0.3) is 0 Å². The lowest BCUT2D eigenvalue weighted by Crippen LogP contribution is -2.42. The van der Waals surface area contributed by atoms with Crippen molar-refractivity contribution >= 4 is 17.3 Å². The van der Waals surface area contributed by atoms with Gasteiger partial charge in [-0.2, -0.15) is 5.26 Å². The summed E-state index contributed by atoms with van der Waals surface area (Å²) in [5, 5.41) is 14.9. The molecule has 1 aromatic rings. The third-order valence-electron chi connectivity index (χ3n) is 2.69. The zero-order valence-electron chi connectivity index (χ0n) is 9.24. The fourth-order valence-electron chi connectivity index (χ4n) is 1.80. The maximum absolute atomic E-state index is 11.8. The average Bonchev–Trinajstić information content (AvgIpc) is 2.27. The molecule has 1 heterocycles. The van der Waals surface area contributed by atoms with Gasteiger partial charge in [0.1, 0.15) is 12.1 Å². The Hall–Kier alpha value is -2.02. The van der Waals surface area contributed by atoms with Gasteiger partial charge in [-0.25, -0.2) is 0 Å². The van der Waals surface area contributed by atoms with E-state index in [-0.39, 0.29) is 17.9 Å². The molecule has 0 saturated carbocycles. The first-order valence-electron chi connectivity index (χ1n) is 5.24. The van der Waals surface area contributed by atoms with Crippen LogP contribution in [-0.4, -0.2) is 11.9 Å². The summed E-state index contributed by atoms with van der Waals surface area (Å²) in [4.78, 5) is 11.8. The summed E-state index contributed by atoms with van der Waals surface area (Å²) in [6, 6.07) is 7.19. The van der Waals surface area contributed by atoms with Gasteiger partial charge in [-0.15, -0.1) is 0 Å². The van der Waals surface area contributed by atoms with Crippen LogP contribution in [0.15, 0.2) is 18.2 Å². The van der Waals surface area contributed by atoms with Crippen molar-refractivity contribution in [3.05, 3.63) is 23.8 Å². The highest BCUT2D eigenvalue weighted by molar-refractivity contribution is 6.04. The van der Waals surface area contributed by atoms with Crippen molar-refractivity contribution in [3.8, 4) is 6.07 Å². The van der Waals surface area contributed by atoms with E-state index in [1.165, 1.54) is 0 Å². The van der Waals surface area contributed by atoms with E-state index in [0.717, 1.165) is 5.69 Å². The van der Waals surface area contributed by atoms with Crippen LogP contribution in [0.4, 0.5) is 11.4 Å². The molecule has 16 heavy (non-hydrogen) atoms. The van der Waals surface area contributed by atoms with E-state index in [1.54, 1.807) is 12.1 Å². The van der Waals surface area contributed by atoms with Crippen LogP contribution in [0, 0.1) is 17.2 Å². The number of anilines is 2. The van der Waals surface area contributed by atoms with Crippen LogP contribution in [0.5, 0.6) is 0 Å². The van der Waals surface area contributed by atoms with Crippen LogP contribution in [0.3, 0.4) is 0 Å². The van der Waals surface area contributed by atoms with Gasteiger partial charge in [0.05, 0.1) is 16.9 Å². The van der Waals surface area contributed by atoms with Crippen molar-refractivity contribution in [1.29, 1.82) is 5.26 Å². The van der Waals surface area contributed by atoms with Crippen molar-refractivity contribution < 1.29 is 4.79 Å². The Labute approximate surface area is 94.3 Å². The summed E-state index contributed by atoms with van der Waals surface area (Å²) < 4.78 is 0. The molecule has 4 nitrogen and oxygen atoms in total. The number of nitriles is 1. The van der Waals surface area contributed by atoms with Gasteiger partial charge in [-0.3, -0.25) is 4.79 Å². The van der Waals surface area contributed by atoms with Crippen LogP contribution >= 0.6 is 0 Å². The number of hydrogen-bond acceptors (Lipinski definition) is 3. The minimum absolute atomic E-state index is 0.0785. The first-order chi connectivity index (χ1) is 7.63. The third-order valence-corrected chi connectivity index (χ3v) is 2.69. The predicted molar refractivity (Wildman–Crippen MR) is 62.0 cm³/mol. The van der Waals surface area contributed by atoms with Gasteiger partial charge < -0.3 is 10.6 Å². The maximum atomic E-state index is 11.8. The number of nitrogens with one attached hydrogen (secondary N) is 2. The topological polar surface area (TPSA) is 64.9 Å². The lowest BCUT2D eigenvalue weighted by Gasteiger charge is -2.29. The molecule has 1 atom stereocenters. The van der Waals surface area contributed by atoms with Gasteiger partial charge >= 0.3 is 0 Å². The number of para-hydroxylation sites is 1. The monoisotopic (exact) mass is 215 g/mol. The average molecular weight is 215 g/mol. The van der Waals surface area contributed by atoms with Crippen molar-refractivity contribution in [2.45, 2.75) is 19.9 Å². The smallest absolute Gasteiger partial charge is 0.247 e. The fraction of sp³-hybridized carbons (Fsp3) is 0.333. The molecule has 1 amide bonds. The zero-order valence-corrected chi connectivity index (χ0v) is 9.24. The molecule has 0 bridgehead atoms.